The standard InChI is InChI=1S/Ce.Mn.Nd.Pr. The van der Waals surface area contributed by atoms with E-state index in [-0.39, 0.29) is 141 Å². The fraction of sp³-hybridized carbons (Fsp3) is 0. The van der Waals surface area contributed by atoms with Gasteiger partial charge in [-0.15, -0.1) is 0 Å². The van der Waals surface area contributed by atoms with Gasteiger partial charge in [0.25, 0.3) is 0 Å². The van der Waals surface area contributed by atoms with Crippen molar-refractivity contribution in [2.45, 2.75) is 0 Å². The maximum atomic E-state index is 0. The summed E-state index contributed by atoms with van der Waals surface area (Å²) in [6.45, 7) is 0. The summed E-state index contributed by atoms with van der Waals surface area (Å²) in [5.74, 6) is 0. The Kier molecular flexibility index (Phi) is 91.8. The van der Waals surface area contributed by atoms with Crippen molar-refractivity contribution >= 4 is 0 Å². The normalized spacial score (nSPS) is 0. The summed E-state index contributed by atoms with van der Waals surface area (Å²) in [6.07, 6.45) is 0. The molecule has 0 heterocycles. The molecule has 0 spiro atoms. The Labute approximate surface area is 136 Å². The third-order valence-electron chi connectivity index (χ3n) is 0. The molecular weight excluding hydrogens is 480 g/mol. The zero-order valence-electron chi connectivity index (χ0n) is 1.96. The predicted octanol–water partition coefficient (Wildman–Crippen LogP) is -0.00250. The minimum absolute atomic E-state index is 0. The second-order valence-corrected chi connectivity index (χ2v) is 0. The van der Waals surface area contributed by atoms with E-state index in [1.165, 1.54) is 0 Å². The van der Waals surface area contributed by atoms with E-state index in [0.717, 1.165) is 0 Å². The minimum atomic E-state index is 0. The zero-order valence-corrected chi connectivity index (χ0v) is 13.2. The molecule has 0 unspecified atom stereocenters. The van der Waals surface area contributed by atoms with Gasteiger partial charge in [0.05, 0.1) is 0 Å². The van der Waals surface area contributed by atoms with Gasteiger partial charge in [0.15, 0.2) is 0 Å². The molecule has 4 heteroatoms. The molecule has 0 nitrogen and oxygen atoms in total. The van der Waals surface area contributed by atoms with Crippen molar-refractivity contribution in [1.82, 2.24) is 0 Å². The summed E-state index contributed by atoms with van der Waals surface area (Å²) in [6, 6.07) is 0. The van der Waals surface area contributed by atoms with Crippen molar-refractivity contribution in [2.75, 3.05) is 0 Å². The van der Waals surface area contributed by atoms with Crippen LogP contribution in [0.3, 0.4) is 0 Å². The van der Waals surface area contributed by atoms with Crippen LogP contribution in [0.25, 0.3) is 0 Å². The molecule has 0 fully saturated rings. The Bertz CT molecular complexity index is 8.00. The fourth-order valence-corrected chi connectivity index (χ4v) is 0. The van der Waals surface area contributed by atoms with Gasteiger partial charge >= 0.3 is 0 Å². The number of hydrogen-bond acceptors (Lipinski definition) is 0. The van der Waals surface area contributed by atoms with E-state index in [1.807, 2.05) is 0 Å². The summed E-state index contributed by atoms with van der Waals surface area (Å²) in [5.41, 5.74) is 0. The van der Waals surface area contributed by atoms with E-state index in [4.69, 9.17) is 0 Å². The van der Waals surface area contributed by atoms with Crippen LogP contribution in [-0.2, 0) is 17.1 Å². The largest absolute Gasteiger partial charge is 0 e. The van der Waals surface area contributed by atoms with Crippen LogP contribution in [0.5, 0.6) is 0 Å². The van der Waals surface area contributed by atoms with Gasteiger partial charge in [-0.25, -0.2) is 0 Å². The Morgan fingerprint density at radius 3 is 1.00 bits per heavy atom. The Morgan fingerprint density at radius 2 is 1.00 bits per heavy atom. The molecule has 0 N–H and O–H groups in total. The first-order valence-corrected chi connectivity index (χ1v) is 0. The van der Waals surface area contributed by atoms with E-state index in [0.29, 0.717) is 0 Å². The summed E-state index contributed by atoms with van der Waals surface area (Å²) in [5, 5.41) is 0. The molecular formula is CeMnNdPr. The molecule has 0 saturated carbocycles. The van der Waals surface area contributed by atoms with Crippen LogP contribution in [0, 0.1) is 124 Å². The quantitative estimate of drug-likeness (QED) is 0.429. The van der Waals surface area contributed by atoms with Crippen molar-refractivity contribution in [1.29, 1.82) is 0 Å². The van der Waals surface area contributed by atoms with Crippen molar-refractivity contribution in [2.24, 2.45) is 0 Å². The van der Waals surface area contributed by atoms with Gasteiger partial charge in [-0.1, -0.05) is 0 Å². The van der Waals surface area contributed by atoms with Gasteiger partial charge in [0, 0.05) is 141 Å². The maximum Gasteiger partial charge on any atom is 0 e. The molecule has 0 aliphatic rings. The molecule has 4 heavy (non-hydrogen) atoms. The molecule has 18 valence electrons. The third-order valence-corrected chi connectivity index (χ3v) is 0. The molecule has 0 aromatic rings. The monoisotopic (exact) mass is 478 g/mol. The second-order valence-electron chi connectivity index (χ2n) is 0. The van der Waals surface area contributed by atoms with Crippen LogP contribution < -0.4 is 0 Å². The molecule has 2 radical (unpaired) electrons. The van der Waals surface area contributed by atoms with Crippen molar-refractivity contribution in [3.63, 3.8) is 0 Å². The summed E-state index contributed by atoms with van der Waals surface area (Å²) >= 11 is 0. The van der Waals surface area contributed by atoms with Crippen molar-refractivity contribution in [3.8, 4) is 0 Å². The Balaban J connectivity index is 0. The van der Waals surface area contributed by atoms with Gasteiger partial charge in [-0.05, 0) is 0 Å². The van der Waals surface area contributed by atoms with Gasteiger partial charge in [-0.2, -0.15) is 0 Å². The van der Waals surface area contributed by atoms with E-state index in [1.54, 1.807) is 0 Å². The molecule has 0 aliphatic heterocycles. The van der Waals surface area contributed by atoms with E-state index in [2.05, 4.69) is 0 Å². The maximum absolute atomic E-state index is 0. The Hall–Kier alpha value is 4.61. The van der Waals surface area contributed by atoms with Gasteiger partial charge < -0.3 is 0 Å². The third kappa shape index (κ3) is 9.79. The van der Waals surface area contributed by atoms with Crippen molar-refractivity contribution < 1.29 is 141 Å². The van der Waals surface area contributed by atoms with E-state index in [9.17, 15) is 0 Å². The van der Waals surface area contributed by atoms with Gasteiger partial charge in [0.2, 0.25) is 0 Å². The molecule has 0 aliphatic carbocycles. The number of hydrogen-bond donors (Lipinski definition) is 0. The van der Waals surface area contributed by atoms with Crippen LogP contribution in [0.1, 0.15) is 0 Å². The zero-order chi connectivity index (χ0) is 0. The topological polar surface area (TPSA) is 0 Å². The van der Waals surface area contributed by atoms with E-state index < -0.39 is 0 Å². The predicted molar refractivity (Wildman–Crippen MR) is 0 cm³/mol. The van der Waals surface area contributed by atoms with Crippen LogP contribution in [-0.4, -0.2) is 0 Å². The summed E-state index contributed by atoms with van der Waals surface area (Å²) < 4.78 is 0. The average molecular weight is 480 g/mol. The minimum Gasteiger partial charge on any atom is 0 e. The van der Waals surface area contributed by atoms with E-state index >= 15 is 0 Å². The first-order valence-electron chi connectivity index (χ1n) is 0. The first kappa shape index (κ1) is 23.5. The SMILES string of the molecule is [Ce].[Mn].[Nd].[Pr]. The second kappa shape index (κ2) is 15.6. The molecule has 0 amide bonds. The van der Waals surface area contributed by atoms with Crippen LogP contribution in [0.2, 0.25) is 0 Å². The number of rotatable bonds is 0. The molecule has 0 aromatic carbocycles. The Morgan fingerprint density at radius 1 is 1.00 bits per heavy atom. The van der Waals surface area contributed by atoms with Crippen molar-refractivity contribution in [3.05, 3.63) is 0 Å². The molecule has 0 aromatic heterocycles. The fourth-order valence-electron chi connectivity index (χ4n) is 0. The molecule has 0 atom stereocenters. The average Bonchev–Trinajstić information content (AvgIpc) is 0. The first-order chi connectivity index (χ1) is 0. The smallest absolute Gasteiger partial charge is 0 e. The van der Waals surface area contributed by atoms with Crippen LogP contribution in [0.4, 0.5) is 0 Å². The van der Waals surface area contributed by atoms with Crippen LogP contribution in [0.15, 0.2) is 0 Å². The summed E-state index contributed by atoms with van der Waals surface area (Å²) in [7, 11) is 0. The van der Waals surface area contributed by atoms with Gasteiger partial charge in [0.1, 0.15) is 0 Å². The molecule has 0 bridgehead atoms. The van der Waals surface area contributed by atoms with Crippen LogP contribution >= 0.6 is 0 Å². The molecule has 0 rings (SSSR count). The van der Waals surface area contributed by atoms with Gasteiger partial charge in [-0.3, -0.25) is 0 Å². The summed E-state index contributed by atoms with van der Waals surface area (Å²) in [4.78, 5) is 0. The molecule has 0 saturated heterocycles.